The van der Waals surface area contributed by atoms with E-state index in [2.05, 4.69) is 29.7 Å². The van der Waals surface area contributed by atoms with Gasteiger partial charge in [-0.25, -0.2) is 0 Å². The number of methoxy groups -OCH3 is 1. The van der Waals surface area contributed by atoms with E-state index in [-0.39, 0.29) is 6.04 Å². The molecule has 1 aliphatic rings. The summed E-state index contributed by atoms with van der Waals surface area (Å²) < 4.78 is 11.3. The molecule has 2 rings (SSSR count). The third-order valence-electron chi connectivity index (χ3n) is 4.56. The number of hydrogen-bond donors (Lipinski definition) is 1. The van der Waals surface area contributed by atoms with E-state index in [1.807, 2.05) is 12.1 Å². The number of benzene rings is 1. The highest BCUT2D eigenvalue weighted by Gasteiger charge is 2.26. The van der Waals surface area contributed by atoms with Crippen LogP contribution in [0.15, 0.2) is 18.2 Å². The van der Waals surface area contributed by atoms with Crippen molar-refractivity contribution in [3.63, 3.8) is 0 Å². The van der Waals surface area contributed by atoms with E-state index in [9.17, 15) is 0 Å². The Kier molecular flexibility index (Phi) is 7.15. The number of likely N-dealkylation sites (N-methyl/N-ethyl adjacent to an activating group) is 1. The van der Waals surface area contributed by atoms with Crippen molar-refractivity contribution >= 4 is 0 Å². The fraction of sp³-hybridized carbons (Fsp3) is 0.667. The Bertz CT molecular complexity index is 473. The zero-order chi connectivity index (χ0) is 16.7. The molecular formula is C18H31N3O2. The zero-order valence-electron chi connectivity index (χ0n) is 14.8. The Hall–Kier alpha value is -1.30. The van der Waals surface area contributed by atoms with Crippen LogP contribution < -0.4 is 15.2 Å². The lowest BCUT2D eigenvalue weighted by molar-refractivity contribution is 0.100. The predicted molar refractivity (Wildman–Crippen MR) is 94.3 cm³/mol. The van der Waals surface area contributed by atoms with Gasteiger partial charge in [0.2, 0.25) is 0 Å². The van der Waals surface area contributed by atoms with Gasteiger partial charge in [0.25, 0.3) is 0 Å². The van der Waals surface area contributed by atoms with Crippen LogP contribution in [0.25, 0.3) is 0 Å². The molecule has 0 aliphatic carbocycles. The maximum absolute atomic E-state index is 6.13. The van der Waals surface area contributed by atoms with E-state index < -0.39 is 0 Å². The van der Waals surface area contributed by atoms with Crippen molar-refractivity contribution in [2.24, 2.45) is 5.73 Å². The van der Waals surface area contributed by atoms with Gasteiger partial charge in [-0.3, -0.25) is 4.90 Å². The molecule has 0 bridgehead atoms. The van der Waals surface area contributed by atoms with Crippen molar-refractivity contribution < 1.29 is 9.47 Å². The van der Waals surface area contributed by atoms with Gasteiger partial charge in [-0.2, -0.15) is 0 Å². The van der Waals surface area contributed by atoms with Crippen LogP contribution in [-0.2, 0) is 0 Å². The quantitative estimate of drug-likeness (QED) is 0.795. The molecule has 1 heterocycles. The van der Waals surface area contributed by atoms with Crippen molar-refractivity contribution in [1.82, 2.24) is 9.80 Å². The molecule has 5 nitrogen and oxygen atoms in total. The van der Waals surface area contributed by atoms with Crippen molar-refractivity contribution in [2.45, 2.75) is 26.3 Å². The van der Waals surface area contributed by atoms with Gasteiger partial charge in [-0.05, 0) is 19.0 Å². The smallest absolute Gasteiger partial charge is 0.127 e. The fourth-order valence-electron chi connectivity index (χ4n) is 3.12. The second-order valence-corrected chi connectivity index (χ2v) is 5.97. The van der Waals surface area contributed by atoms with E-state index >= 15 is 0 Å². The summed E-state index contributed by atoms with van der Waals surface area (Å²) in [6.07, 6.45) is 0.985. The minimum Gasteiger partial charge on any atom is -0.497 e. The molecule has 5 heteroatoms. The summed E-state index contributed by atoms with van der Waals surface area (Å²) in [7, 11) is 1.68. The fourth-order valence-corrected chi connectivity index (χ4v) is 3.12. The van der Waals surface area contributed by atoms with Gasteiger partial charge >= 0.3 is 0 Å². The van der Waals surface area contributed by atoms with Crippen LogP contribution in [0.1, 0.15) is 31.9 Å². The summed E-state index contributed by atoms with van der Waals surface area (Å²) in [5.41, 5.74) is 7.30. The number of nitrogens with two attached hydrogens (primary N) is 1. The molecule has 1 aliphatic heterocycles. The van der Waals surface area contributed by atoms with Gasteiger partial charge < -0.3 is 20.1 Å². The van der Waals surface area contributed by atoms with Crippen molar-refractivity contribution in [3.8, 4) is 11.5 Å². The van der Waals surface area contributed by atoms with Crippen molar-refractivity contribution in [3.05, 3.63) is 23.8 Å². The van der Waals surface area contributed by atoms with Gasteiger partial charge in [0, 0.05) is 44.4 Å². The molecule has 130 valence electrons. The molecule has 23 heavy (non-hydrogen) atoms. The Balaban J connectivity index is 2.19. The molecule has 0 saturated carbocycles. The zero-order valence-corrected chi connectivity index (χ0v) is 14.8. The minimum atomic E-state index is 0.201. The van der Waals surface area contributed by atoms with Gasteiger partial charge in [-0.15, -0.1) is 0 Å². The summed E-state index contributed by atoms with van der Waals surface area (Å²) in [6.45, 7) is 11.1. The topological polar surface area (TPSA) is 51.0 Å². The highest BCUT2D eigenvalue weighted by atomic mass is 16.5. The van der Waals surface area contributed by atoms with Crippen molar-refractivity contribution in [2.75, 3.05) is 53.0 Å². The minimum absolute atomic E-state index is 0.201. The van der Waals surface area contributed by atoms with Gasteiger partial charge in [0.05, 0.1) is 19.8 Å². The summed E-state index contributed by atoms with van der Waals surface area (Å²) in [5, 5.41) is 0. The highest BCUT2D eigenvalue weighted by Crippen LogP contribution is 2.33. The first-order valence-corrected chi connectivity index (χ1v) is 8.70. The molecule has 0 aromatic heterocycles. The largest absolute Gasteiger partial charge is 0.497 e. The molecule has 1 unspecified atom stereocenters. The number of nitrogens with zero attached hydrogens (tertiary/aromatic N) is 2. The normalized spacial score (nSPS) is 17.9. The summed E-state index contributed by atoms with van der Waals surface area (Å²) in [5.74, 6) is 1.73. The van der Waals surface area contributed by atoms with E-state index in [1.54, 1.807) is 7.11 Å². The van der Waals surface area contributed by atoms with Crippen LogP contribution in [0.5, 0.6) is 11.5 Å². The predicted octanol–water partition coefficient (Wildman–Crippen LogP) is 2.12. The lowest BCUT2D eigenvalue weighted by atomic mass is 10.0. The number of ether oxygens (including phenoxy) is 2. The number of piperazine rings is 1. The summed E-state index contributed by atoms with van der Waals surface area (Å²) in [6, 6.07) is 6.29. The molecule has 1 fully saturated rings. The van der Waals surface area contributed by atoms with Crippen LogP contribution in [0.4, 0.5) is 0 Å². The average Bonchev–Trinajstić information content (AvgIpc) is 2.61. The summed E-state index contributed by atoms with van der Waals surface area (Å²) >= 11 is 0. The monoisotopic (exact) mass is 321 g/mol. The van der Waals surface area contributed by atoms with E-state index in [1.165, 1.54) is 5.56 Å². The molecular weight excluding hydrogens is 290 g/mol. The lowest BCUT2D eigenvalue weighted by Crippen LogP contribution is -2.48. The Morgan fingerprint density at radius 2 is 1.91 bits per heavy atom. The third kappa shape index (κ3) is 4.59. The Labute approximate surface area is 140 Å². The Morgan fingerprint density at radius 1 is 1.17 bits per heavy atom. The van der Waals surface area contributed by atoms with Crippen LogP contribution >= 0.6 is 0 Å². The third-order valence-corrected chi connectivity index (χ3v) is 4.56. The first-order chi connectivity index (χ1) is 11.2. The van der Waals surface area contributed by atoms with Crippen molar-refractivity contribution in [1.29, 1.82) is 0 Å². The Morgan fingerprint density at radius 3 is 2.48 bits per heavy atom. The maximum Gasteiger partial charge on any atom is 0.127 e. The molecule has 0 radical (unpaired) electrons. The molecule has 1 atom stereocenters. The molecule has 0 spiro atoms. The second kappa shape index (κ2) is 9.11. The first kappa shape index (κ1) is 18.0. The molecule has 1 aromatic carbocycles. The molecule has 1 aromatic rings. The standard InChI is InChI=1S/C18H31N3O2/c1-4-12-23-18-13-15(22-3)6-7-16(18)17(14-19)21-10-8-20(5-2)9-11-21/h6-7,13,17H,4-5,8-12,14,19H2,1-3H3. The maximum atomic E-state index is 6.13. The van der Waals surface area contributed by atoms with E-state index in [0.717, 1.165) is 50.6 Å². The van der Waals surface area contributed by atoms with E-state index in [0.29, 0.717) is 13.2 Å². The SMILES string of the molecule is CCCOc1cc(OC)ccc1C(CN)N1CCN(CC)CC1. The van der Waals surface area contributed by atoms with Gasteiger partial charge in [0.1, 0.15) is 11.5 Å². The number of rotatable bonds is 8. The molecule has 0 amide bonds. The number of hydrogen-bond acceptors (Lipinski definition) is 5. The lowest BCUT2D eigenvalue weighted by Gasteiger charge is -2.39. The van der Waals surface area contributed by atoms with Crippen LogP contribution in [0.2, 0.25) is 0 Å². The van der Waals surface area contributed by atoms with Crippen LogP contribution in [0, 0.1) is 0 Å². The highest BCUT2D eigenvalue weighted by molar-refractivity contribution is 5.43. The van der Waals surface area contributed by atoms with Gasteiger partial charge in [-0.1, -0.05) is 19.9 Å². The molecule has 1 saturated heterocycles. The van der Waals surface area contributed by atoms with Crippen LogP contribution in [-0.4, -0.2) is 62.8 Å². The first-order valence-electron chi connectivity index (χ1n) is 8.70. The average molecular weight is 321 g/mol. The van der Waals surface area contributed by atoms with E-state index in [4.69, 9.17) is 15.2 Å². The summed E-state index contributed by atoms with van der Waals surface area (Å²) in [4.78, 5) is 4.96. The second-order valence-electron chi connectivity index (χ2n) is 5.97. The van der Waals surface area contributed by atoms with Crippen LogP contribution in [0.3, 0.4) is 0 Å². The van der Waals surface area contributed by atoms with Gasteiger partial charge in [0.15, 0.2) is 0 Å². The molecule has 2 N–H and O–H groups in total.